The summed E-state index contributed by atoms with van der Waals surface area (Å²) in [6, 6.07) is 10.5. The number of thiol groups is 1. The number of aryl methyl sites for hydroxylation is 1. The number of carbonyl (C=O) groups is 2. The Morgan fingerprint density at radius 1 is 1.23 bits per heavy atom. The third kappa shape index (κ3) is 4.82. The van der Waals surface area contributed by atoms with E-state index in [9.17, 15) is 19.7 Å². The van der Waals surface area contributed by atoms with Crippen molar-refractivity contribution in [3.8, 4) is 0 Å². The van der Waals surface area contributed by atoms with Gasteiger partial charge in [-0.2, -0.15) is 12.6 Å². The fourth-order valence-corrected chi connectivity index (χ4v) is 2.73. The summed E-state index contributed by atoms with van der Waals surface area (Å²) in [7, 11) is 0. The van der Waals surface area contributed by atoms with E-state index in [0.717, 1.165) is 29.3 Å². The van der Waals surface area contributed by atoms with Gasteiger partial charge in [0.25, 0.3) is 11.6 Å². The Bertz CT molecular complexity index is 821. The van der Waals surface area contributed by atoms with Gasteiger partial charge in [0.2, 0.25) is 0 Å². The summed E-state index contributed by atoms with van der Waals surface area (Å²) in [5.41, 5.74) is 1.30. The molecule has 0 heterocycles. The lowest BCUT2D eigenvalue weighted by molar-refractivity contribution is -0.384. The molecular weight excluding hydrogens is 356 g/mol. The lowest BCUT2D eigenvalue weighted by Gasteiger charge is -2.18. The highest BCUT2D eigenvalue weighted by atomic mass is 32.1. The Kier molecular flexibility index (Phi) is 6.35. The minimum Gasteiger partial charge on any atom is -0.478 e. The molecule has 2 aromatic carbocycles. The second-order valence-electron chi connectivity index (χ2n) is 5.81. The molecular formula is C18H18N2O5S. The number of amides is 1. The molecule has 2 rings (SSSR count). The van der Waals surface area contributed by atoms with Crippen LogP contribution in [0.5, 0.6) is 0 Å². The zero-order chi connectivity index (χ0) is 19.3. The fraction of sp³-hybridized carbons (Fsp3) is 0.222. The number of nitro groups is 1. The number of non-ortho nitro benzene ring substituents is 1. The maximum absolute atomic E-state index is 12.5. The first-order valence-electron chi connectivity index (χ1n) is 7.80. The van der Waals surface area contributed by atoms with Crippen molar-refractivity contribution in [2.45, 2.75) is 19.4 Å². The van der Waals surface area contributed by atoms with Gasteiger partial charge in [-0.15, -0.1) is 0 Å². The maximum Gasteiger partial charge on any atom is 0.335 e. The van der Waals surface area contributed by atoms with Crippen molar-refractivity contribution in [1.29, 1.82) is 0 Å². The first-order chi connectivity index (χ1) is 12.3. The second kappa shape index (κ2) is 8.48. The number of benzene rings is 2. The van der Waals surface area contributed by atoms with Gasteiger partial charge in [0.15, 0.2) is 0 Å². The molecule has 26 heavy (non-hydrogen) atoms. The summed E-state index contributed by atoms with van der Waals surface area (Å²) >= 11 is 4.26. The first-order valence-corrected chi connectivity index (χ1v) is 8.44. The third-order valence-electron chi connectivity index (χ3n) is 3.92. The van der Waals surface area contributed by atoms with Crippen molar-refractivity contribution in [3.63, 3.8) is 0 Å². The molecule has 8 heteroatoms. The highest BCUT2D eigenvalue weighted by molar-refractivity contribution is 7.80. The van der Waals surface area contributed by atoms with Crippen LogP contribution in [0.25, 0.3) is 0 Å². The number of nitrogens with one attached hydrogen (secondary N) is 1. The van der Waals surface area contributed by atoms with Gasteiger partial charge in [-0.05, 0) is 30.5 Å². The Morgan fingerprint density at radius 3 is 2.46 bits per heavy atom. The molecule has 0 saturated carbocycles. The molecule has 136 valence electrons. The van der Waals surface area contributed by atoms with E-state index in [1.165, 1.54) is 0 Å². The molecule has 0 saturated heterocycles. The van der Waals surface area contributed by atoms with Gasteiger partial charge in [0.05, 0.1) is 10.5 Å². The minimum atomic E-state index is -1.34. The molecule has 0 aliphatic heterocycles. The van der Waals surface area contributed by atoms with Crippen LogP contribution in [-0.4, -0.2) is 33.7 Å². The largest absolute Gasteiger partial charge is 0.478 e. The van der Waals surface area contributed by atoms with Crippen LogP contribution in [0.15, 0.2) is 42.5 Å². The quantitative estimate of drug-likeness (QED) is 0.392. The van der Waals surface area contributed by atoms with E-state index in [1.54, 1.807) is 0 Å². The number of carboxylic acids is 1. The van der Waals surface area contributed by atoms with E-state index in [1.807, 2.05) is 31.2 Å². The number of aromatic carboxylic acids is 1. The molecule has 1 unspecified atom stereocenters. The normalized spacial score (nSPS) is 11.6. The van der Waals surface area contributed by atoms with E-state index in [2.05, 4.69) is 17.9 Å². The number of hydrogen-bond donors (Lipinski definition) is 3. The van der Waals surface area contributed by atoms with Crippen molar-refractivity contribution in [1.82, 2.24) is 5.32 Å². The van der Waals surface area contributed by atoms with Crippen molar-refractivity contribution in [2.24, 2.45) is 0 Å². The molecule has 0 radical (unpaired) electrons. The van der Waals surface area contributed by atoms with Crippen LogP contribution in [0.3, 0.4) is 0 Å². The van der Waals surface area contributed by atoms with Gasteiger partial charge in [-0.25, -0.2) is 4.79 Å². The Balaban J connectivity index is 2.23. The van der Waals surface area contributed by atoms with Gasteiger partial charge in [-0.3, -0.25) is 14.9 Å². The number of carboxylic acid groups (broad SMARTS) is 1. The Labute approximate surface area is 155 Å². The molecule has 7 nitrogen and oxygen atoms in total. The maximum atomic E-state index is 12.5. The highest BCUT2D eigenvalue weighted by Gasteiger charge is 2.20. The Morgan fingerprint density at radius 2 is 1.88 bits per heavy atom. The van der Waals surface area contributed by atoms with Crippen LogP contribution < -0.4 is 5.32 Å². The van der Waals surface area contributed by atoms with Crippen LogP contribution in [0.2, 0.25) is 0 Å². The van der Waals surface area contributed by atoms with E-state index < -0.39 is 22.5 Å². The average molecular weight is 374 g/mol. The fourth-order valence-electron chi connectivity index (χ4n) is 2.51. The lowest BCUT2D eigenvalue weighted by atomic mass is 10.0. The summed E-state index contributed by atoms with van der Waals surface area (Å²) in [4.78, 5) is 33.9. The molecule has 1 atom stereocenters. The van der Waals surface area contributed by atoms with Gasteiger partial charge in [-0.1, -0.05) is 24.3 Å². The van der Waals surface area contributed by atoms with Gasteiger partial charge in [0.1, 0.15) is 0 Å². The van der Waals surface area contributed by atoms with Crippen LogP contribution in [-0.2, 0) is 6.42 Å². The summed E-state index contributed by atoms with van der Waals surface area (Å²) in [6.07, 6.45) is 0.544. The average Bonchev–Trinajstić information content (AvgIpc) is 2.62. The van der Waals surface area contributed by atoms with Crippen LogP contribution in [0, 0.1) is 17.0 Å². The number of carbonyl (C=O) groups excluding carboxylic acids is 1. The third-order valence-corrected chi connectivity index (χ3v) is 4.36. The zero-order valence-electron chi connectivity index (χ0n) is 14.0. The molecule has 2 N–H and O–H groups in total. The van der Waals surface area contributed by atoms with E-state index >= 15 is 0 Å². The zero-order valence-corrected chi connectivity index (χ0v) is 14.9. The number of hydrogen-bond acceptors (Lipinski definition) is 5. The van der Waals surface area contributed by atoms with Crippen LogP contribution in [0.4, 0.5) is 5.69 Å². The molecule has 0 aliphatic carbocycles. The summed E-state index contributed by atoms with van der Waals surface area (Å²) in [6.45, 7) is 1.96. The van der Waals surface area contributed by atoms with Gasteiger partial charge >= 0.3 is 5.97 Å². The number of nitro benzene ring substituents is 1. The predicted octanol–water partition coefficient (Wildman–Crippen LogP) is 2.87. The molecule has 0 aliphatic rings. The molecule has 1 amide bonds. The lowest BCUT2D eigenvalue weighted by Crippen LogP contribution is -2.38. The van der Waals surface area contributed by atoms with E-state index in [4.69, 9.17) is 5.11 Å². The summed E-state index contributed by atoms with van der Waals surface area (Å²) < 4.78 is 0. The standard InChI is InChI=1S/C18H18N2O5S/c1-11-4-2-3-5-12(11)7-15(10-26)19-17(21)13-6-14(18(22)23)9-16(8-13)20(24)25/h2-6,8-9,15,26H,7,10H2,1H3,(H,19,21)(H,22,23). The first kappa shape index (κ1) is 19.5. The molecule has 0 bridgehead atoms. The topological polar surface area (TPSA) is 110 Å². The van der Waals surface area contributed by atoms with Crippen molar-refractivity contribution >= 4 is 30.2 Å². The highest BCUT2D eigenvalue weighted by Crippen LogP contribution is 2.18. The SMILES string of the molecule is Cc1ccccc1CC(CS)NC(=O)c1cc(C(=O)O)cc([N+](=O)[O-])c1. The Hall–Kier alpha value is -2.87. The van der Waals surface area contributed by atoms with Crippen LogP contribution in [0.1, 0.15) is 31.8 Å². The monoisotopic (exact) mass is 374 g/mol. The van der Waals surface area contributed by atoms with Gasteiger partial charge < -0.3 is 10.4 Å². The van der Waals surface area contributed by atoms with Crippen molar-refractivity contribution in [2.75, 3.05) is 5.75 Å². The van der Waals surface area contributed by atoms with Crippen molar-refractivity contribution < 1.29 is 19.6 Å². The summed E-state index contributed by atoms with van der Waals surface area (Å²) in [5, 5.41) is 22.8. The number of rotatable bonds is 7. The van der Waals surface area contributed by atoms with E-state index in [0.29, 0.717) is 12.2 Å². The molecule has 2 aromatic rings. The molecule has 0 fully saturated rings. The van der Waals surface area contributed by atoms with Gasteiger partial charge in [0, 0.05) is 29.5 Å². The molecule has 0 spiro atoms. The smallest absolute Gasteiger partial charge is 0.335 e. The minimum absolute atomic E-state index is 0.0758. The van der Waals surface area contributed by atoms with Crippen LogP contribution >= 0.6 is 12.6 Å². The van der Waals surface area contributed by atoms with E-state index in [-0.39, 0.29) is 17.2 Å². The predicted molar refractivity (Wildman–Crippen MR) is 100 cm³/mol. The van der Waals surface area contributed by atoms with Crippen molar-refractivity contribution in [3.05, 3.63) is 74.8 Å². The molecule has 0 aromatic heterocycles. The number of nitrogens with zero attached hydrogens (tertiary/aromatic N) is 1. The second-order valence-corrected chi connectivity index (χ2v) is 6.18. The summed E-state index contributed by atoms with van der Waals surface area (Å²) in [5.74, 6) is -1.56.